The number of rotatable bonds is 5. The molecule has 0 fully saturated rings. The van der Waals surface area contributed by atoms with Crippen molar-refractivity contribution in [1.29, 1.82) is 0 Å². The minimum absolute atomic E-state index is 0.175. The minimum Gasteiger partial charge on any atom is -0.389 e. The van der Waals surface area contributed by atoms with Crippen molar-refractivity contribution in [3.8, 4) is 0 Å². The van der Waals surface area contributed by atoms with Gasteiger partial charge in [0.05, 0.1) is 5.60 Å². The highest BCUT2D eigenvalue weighted by molar-refractivity contribution is 4.78. The van der Waals surface area contributed by atoms with Crippen LogP contribution in [0.1, 0.15) is 40.5 Å². The van der Waals surface area contributed by atoms with Gasteiger partial charge >= 0.3 is 0 Å². The van der Waals surface area contributed by atoms with Gasteiger partial charge in [0.15, 0.2) is 0 Å². The van der Waals surface area contributed by atoms with Crippen molar-refractivity contribution >= 4 is 0 Å². The summed E-state index contributed by atoms with van der Waals surface area (Å²) >= 11 is 0. The van der Waals surface area contributed by atoms with Gasteiger partial charge in [-0.1, -0.05) is 13.3 Å². The van der Waals surface area contributed by atoms with Crippen LogP contribution in [-0.4, -0.2) is 23.3 Å². The van der Waals surface area contributed by atoms with Crippen LogP contribution in [0.5, 0.6) is 0 Å². The Hall–Kier alpha value is -0.0800. The van der Waals surface area contributed by atoms with Crippen LogP contribution in [0.4, 0.5) is 0 Å². The van der Waals surface area contributed by atoms with E-state index in [0.717, 1.165) is 6.54 Å². The summed E-state index contributed by atoms with van der Waals surface area (Å²) in [5, 5.41) is 12.8. The van der Waals surface area contributed by atoms with Gasteiger partial charge in [-0.05, 0) is 33.7 Å². The van der Waals surface area contributed by atoms with E-state index < -0.39 is 5.60 Å². The molecule has 2 N–H and O–H groups in total. The lowest BCUT2D eigenvalue weighted by Crippen LogP contribution is -2.44. The first kappa shape index (κ1) is 10.9. The molecule has 1 unspecified atom stereocenters. The van der Waals surface area contributed by atoms with Gasteiger partial charge in [-0.15, -0.1) is 0 Å². The standard InChI is InChI=1S/C9H21NO/c1-5-6-7-10-8(2)9(3,4)11/h8,10-11H,5-7H2,1-4H3. The second-order valence-electron chi connectivity index (χ2n) is 3.68. The Labute approximate surface area is 70.0 Å². The molecule has 0 radical (unpaired) electrons. The Balaban J connectivity index is 3.44. The summed E-state index contributed by atoms with van der Waals surface area (Å²) in [5.74, 6) is 0. The van der Waals surface area contributed by atoms with Crippen molar-refractivity contribution in [2.24, 2.45) is 0 Å². The van der Waals surface area contributed by atoms with Gasteiger partial charge in [0.25, 0.3) is 0 Å². The fourth-order valence-electron chi connectivity index (χ4n) is 0.745. The van der Waals surface area contributed by atoms with E-state index in [2.05, 4.69) is 12.2 Å². The highest BCUT2D eigenvalue weighted by atomic mass is 16.3. The van der Waals surface area contributed by atoms with E-state index in [-0.39, 0.29) is 6.04 Å². The number of nitrogens with one attached hydrogen (secondary N) is 1. The fraction of sp³-hybridized carbons (Fsp3) is 1.00. The van der Waals surface area contributed by atoms with Gasteiger partial charge in [0.1, 0.15) is 0 Å². The number of aliphatic hydroxyl groups is 1. The maximum absolute atomic E-state index is 9.52. The summed E-state index contributed by atoms with van der Waals surface area (Å²) in [7, 11) is 0. The molecule has 0 saturated carbocycles. The van der Waals surface area contributed by atoms with Gasteiger partial charge in [-0.25, -0.2) is 0 Å². The molecule has 0 aliphatic rings. The third-order valence-corrected chi connectivity index (χ3v) is 2.04. The fourth-order valence-corrected chi connectivity index (χ4v) is 0.745. The summed E-state index contributed by atoms with van der Waals surface area (Å²) < 4.78 is 0. The molecule has 0 aromatic heterocycles. The number of unbranched alkanes of at least 4 members (excludes halogenated alkanes) is 1. The third-order valence-electron chi connectivity index (χ3n) is 2.04. The summed E-state index contributed by atoms with van der Waals surface area (Å²) in [6.45, 7) is 8.83. The molecule has 0 aromatic carbocycles. The second-order valence-corrected chi connectivity index (χ2v) is 3.68. The van der Waals surface area contributed by atoms with Gasteiger partial charge in [0, 0.05) is 6.04 Å². The molecule has 2 nitrogen and oxygen atoms in total. The van der Waals surface area contributed by atoms with E-state index in [4.69, 9.17) is 0 Å². The van der Waals surface area contributed by atoms with Crippen molar-refractivity contribution in [2.75, 3.05) is 6.54 Å². The number of hydrogen-bond acceptors (Lipinski definition) is 2. The molecule has 0 aromatic rings. The molecule has 68 valence electrons. The molecule has 0 bridgehead atoms. The lowest BCUT2D eigenvalue weighted by Gasteiger charge is -2.26. The van der Waals surface area contributed by atoms with Gasteiger partial charge in [-0.2, -0.15) is 0 Å². The van der Waals surface area contributed by atoms with Crippen LogP contribution in [0.25, 0.3) is 0 Å². The van der Waals surface area contributed by atoms with E-state index in [1.807, 2.05) is 20.8 Å². The lowest BCUT2D eigenvalue weighted by molar-refractivity contribution is 0.0444. The smallest absolute Gasteiger partial charge is 0.0741 e. The van der Waals surface area contributed by atoms with E-state index >= 15 is 0 Å². The molecule has 0 spiro atoms. The number of hydrogen-bond donors (Lipinski definition) is 2. The summed E-state index contributed by atoms with van der Waals surface area (Å²) in [6, 6.07) is 0.175. The normalized spacial score (nSPS) is 15.0. The maximum atomic E-state index is 9.52. The Morgan fingerprint density at radius 1 is 1.45 bits per heavy atom. The second kappa shape index (κ2) is 4.73. The van der Waals surface area contributed by atoms with Crippen LogP contribution < -0.4 is 5.32 Å². The quantitative estimate of drug-likeness (QED) is 0.596. The molecule has 11 heavy (non-hydrogen) atoms. The van der Waals surface area contributed by atoms with Crippen LogP contribution in [0.2, 0.25) is 0 Å². The van der Waals surface area contributed by atoms with E-state index in [1.54, 1.807) is 0 Å². The molecule has 0 rings (SSSR count). The largest absolute Gasteiger partial charge is 0.389 e. The Morgan fingerprint density at radius 2 is 2.00 bits per heavy atom. The summed E-state index contributed by atoms with van der Waals surface area (Å²) in [5.41, 5.74) is -0.603. The minimum atomic E-state index is -0.603. The van der Waals surface area contributed by atoms with Crippen LogP contribution in [0.15, 0.2) is 0 Å². The van der Waals surface area contributed by atoms with Crippen LogP contribution in [-0.2, 0) is 0 Å². The Bertz CT molecular complexity index is 96.2. The van der Waals surface area contributed by atoms with E-state index in [0.29, 0.717) is 0 Å². The average Bonchev–Trinajstić information content (AvgIpc) is 1.86. The summed E-state index contributed by atoms with van der Waals surface area (Å²) in [6.07, 6.45) is 2.38. The molecule has 0 heterocycles. The average molecular weight is 159 g/mol. The van der Waals surface area contributed by atoms with Crippen LogP contribution >= 0.6 is 0 Å². The van der Waals surface area contributed by atoms with Crippen molar-refractivity contribution < 1.29 is 5.11 Å². The first-order valence-corrected chi connectivity index (χ1v) is 4.44. The lowest BCUT2D eigenvalue weighted by atomic mass is 10.0. The van der Waals surface area contributed by atoms with Gasteiger partial charge in [0.2, 0.25) is 0 Å². The van der Waals surface area contributed by atoms with Crippen molar-refractivity contribution in [3.63, 3.8) is 0 Å². The van der Waals surface area contributed by atoms with E-state index in [1.165, 1.54) is 12.8 Å². The van der Waals surface area contributed by atoms with Gasteiger partial charge in [-0.3, -0.25) is 0 Å². The van der Waals surface area contributed by atoms with Crippen molar-refractivity contribution in [2.45, 2.75) is 52.2 Å². The first-order valence-electron chi connectivity index (χ1n) is 4.44. The molecular formula is C9H21NO. The zero-order valence-electron chi connectivity index (χ0n) is 8.15. The van der Waals surface area contributed by atoms with Crippen LogP contribution in [0, 0.1) is 0 Å². The molecule has 0 aliphatic carbocycles. The zero-order valence-corrected chi connectivity index (χ0v) is 8.15. The Morgan fingerprint density at radius 3 is 2.36 bits per heavy atom. The van der Waals surface area contributed by atoms with Crippen LogP contribution in [0.3, 0.4) is 0 Å². The third kappa shape index (κ3) is 5.22. The van der Waals surface area contributed by atoms with Gasteiger partial charge < -0.3 is 10.4 Å². The maximum Gasteiger partial charge on any atom is 0.0741 e. The summed E-state index contributed by atoms with van der Waals surface area (Å²) in [4.78, 5) is 0. The molecule has 1 atom stereocenters. The van der Waals surface area contributed by atoms with Crippen molar-refractivity contribution in [1.82, 2.24) is 5.32 Å². The first-order chi connectivity index (χ1) is 4.98. The highest BCUT2D eigenvalue weighted by Crippen LogP contribution is 2.06. The molecular weight excluding hydrogens is 138 g/mol. The SMILES string of the molecule is CCCCNC(C)C(C)(C)O. The van der Waals surface area contributed by atoms with E-state index in [9.17, 15) is 5.11 Å². The molecule has 0 amide bonds. The predicted molar refractivity (Wildman–Crippen MR) is 48.7 cm³/mol. The van der Waals surface area contributed by atoms with Crippen molar-refractivity contribution in [3.05, 3.63) is 0 Å². The topological polar surface area (TPSA) is 32.3 Å². The molecule has 0 aliphatic heterocycles. The Kier molecular flexibility index (Phi) is 4.69. The predicted octanol–water partition coefficient (Wildman–Crippen LogP) is 1.54. The zero-order chi connectivity index (χ0) is 8.91. The molecule has 0 saturated heterocycles. The molecule has 2 heteroatoms. The monoisotopic (exact) mass is 159 g/mol. The highest BCUT2D eigenvalue weighted by Gasteiger charge is 2.20.